The molecule has 1 aromatic rings. The molecule has 1 aromatic heterocycles. The minimum Gasteiger partial charge on any atom is -0.379 e. The van der Waals surface area contributed by atoms with Crippen LogP contribution in [-0.2, 0) is 11.3 Å². The first-order valence-electron chi connectivity index (χ1n) is 6.90. The number of ether oxygens (including phenoxy) is 1. The van der Waals surface area contributed by atoms with Crippen molar-refractivity contribution < 1.29 is 4.74 Å². The Kier molecular flexibility index (Phi) is 3.88. The Morgan fingerprint density at radius 1 is 1.33 bits per heavy atom. The normalized spacial score (nSPS) is 25.4. The second-order valence-electron chi connectivity index (χ2n) is 5.13. The molecule has 0 saturated carbocycles. The molecular weight excluding hydrogens is 226 g/mol. The molecule has 0 aromatic carbocycles. The number of rotatable bonds is 3. The monoisotopic (exact) mass is 247 g/mol. The van der Waals surface area contributed by atoms with Crippen LogP contribution in [0.2, 0.25) is 0 Å². The van der Waals surface area contributed by atoms with Crippen LogP contribution < -0.4 is 5.32 Å². The van der Waals surface area contributed by atoms with Gasteiger partial charge in [0.2, 0.25) is 0 Å². The van der Waals surface area contributed by atoms with Gasteiger partial charge in [-0.1, -0.05) is 6.07 Å². The number of morpholine rings is 1. The van der Waals surface area contributed by atoms with E-state index in [1.165, 1.54) is 24.1 Å². The Balaban J connectivity index is 1.59. The van der Waals surface area contributed by atoms with Crippen molar-refractivity contribution in [3.63, 3.8) is 0 Å². The van der Waals surface area contributed by atoms with E-state index in [9.17, 15) is 0 Å². The van der Waals surface area contributed by atoms with Crippen LogP contribution in [0.3, 0.4) is 0 Å². The van der Waals surface area contributed by atoms with Crippen LogP contribution in [0, 0.1) is 0 Å². The predicted octanol–water partition coefficient (Wildman–Crippen LogP) is 1.34. The third kappa shape index (κ3) is 2.88. The van der Waals surface area contributed by atoms with Gasteiger partial charge < -0.3 is 10.1 Å². The standard InChI is InChI=1S/C14H21N3O/c1-2-13(15-5-1)14-4-3-12(10-16-14)11-17-6-8-18-9-7-17/h3-4,10,13,15H,1-2,5-9,11H2/t13-/m0/s1. The van der Waals surface area contributed by atoms with E-state index in [4.69, 9.17) is 4.74 Å². The fourth-order valence-electron chi connectivity index (χ4n) is 2.69. The van der Waals surface area contributed by atoms with Crippen molar-refractivity contribution in [3.05, 3.63) is 29.6 Å². The van der Waals surface area contributed by atoms with Crippen LogP contribution in [0.15, 0.2) is 18.3 Å². The first-order valence-corrected chi connectivity index (χ1v) is 6.90. The summed E-state index contributed by atoms with van der Waals surface area (Å²) in [6.45, 7) is 5.91. The maximum absolute atomic E-state index is 5.36. The lowest BCUT2D eigenvalue weighted by Crippen LogP contribution is -2.35. The smallest absolute Gasteiger partial charge is 0.0594 e. The van der Waals surface area contributed by atoms with Crippen molar-refractivity contribution >= 4 is 0 Å². The third-order valence-corrected chi connectivity index (χ3v) is 3.77. The lowest BCUT2D eigenvalue weighted by atomic mass is 10.1. The third-order valence-electron chi connectivity index (χ3n) is 3.77. The lowest BCUT2D eigenvalue weighted by Gasteiger charge is -2.26. The summed E-state index contributed by atoms with van der Waals surface area (Å²) in [6.07, 6.45) is 4.52. The first-order chi connectivity index (χ1) is 8.92. The van der Waals surface area contributed by atoms with Gasteiger partial charge in [0.25, 0.3) is 0 Å². The van der Waals surface area contributed by atoms with Gasteiger partial charge in [-0.15, -0.1) is 0 Å². The fourth-order valence-corrected chi connectivity index (χ4v) is 2.69. The van der Waals surface area contributed by atoms with Crippen LogP contribution in [0.25, 0.3) is 0 Å². The summed E-state index contributed by atoms with van der Waals surface area (Å²) in [5, 5.41) is 3.48. The predicted molar refractivity (Wildman–Crippen MR) is 70.3 cm³/mol. The Hall–Kier alpha value is -0.970. The highest BCUT2D eigenvalue weighted by Crippen LogP contribution is 2.21. The van der Waals surface area contributed by atoms with E-state index in [0.29, 0.717) is 6.04 Å². The molecule has 2 fully saturated rings. The van der Waals surface area contributed by atoms with Crippen molar-refractivity contribution in [1.29, 1.82) is 0 Å². The molecule has 0 unspecified atom stereocenters. The van der Waals surface area contributed by atoms with E-state index in [1.807, 2.05) is 6.20 Å². The SMILES string of the molecule is c1cc([C@@H]2CCCN2)ncc1CN1CCOCC1. The Morgan fingerprint density at radius 2 is 2.22 bits per heavy atom. The summed E-state index contributed by atoms with van der Waals surface area (Å²) in [5.41, 5.74) is 2.50. The molecule has 0 radical (unpaired) electrons. The lowest BCUT2D eigenvalue weighted by molar-refractivity contribution is 0.0341. The molecule has 1 atom stereocenters. The molecular formula is C14H21N3O. The number of pyridine rings is 1. The van der Waals surface area contributed by atoms with Crippen LogP contribution in [0.5, 0.6) is 0 Å². The van der Waals surface area contributed by atoms with Gasteiger partial charge in [0.15, 0.2) is 0 Å². The fraction of sp³-hybridized carbons (Fsp3) is 0.643. The van der Waals surface area contributed by atoms with Gasteiger partial charge in [-0.2, -0.15) is 0 Å². The number of aromatic nitrogens is 1. The van der Waals surface area contributed by atoms with Crippen molar-refractivity contribution in [2.24, 2.45) is 0 Å². The molecule has 3 heterocycles. The molecule has 98 valence electrons. The van der Waals surface area contributed by atoms with Gasteiger partial charge >= 0.3 is 0 Å². The van der Waals surface area contributed by atoms with Gasteiger partial charge in [0, 0.05) is 31.9 Å². The largest absolute Gasteiger partial charge is 0.379 e. The molecule has 3 rings (SSSR count). The minimum atomic E-state index is 0.474. The Morgan fingerprint density at radius 3 is 2.89 bits per heavy atom. The number of nitrogens with one attached hydrogen (secondary N) is 1. The maximum atomic E-state index is 5.36. The van der Waals surface area contributed by atoms with E-state index in [1.54, 1.807) is 0 Å². The Labute approximate surface area is 108 Å². The second-order valence-corrected chi connectivity index (χ2v) is 5.13. The summed E-state index contributed by atoms with van der Waals surface area (Å²) >= 11 is 0. The molecule has 4 heteroatoms. The molecule has 1 N–H and O–H groups in total. The van der Waals surface area contributed by atoms with E-state index in [-0.39, 0.29) is 0 Å². The van der Waals surface area contributed by atoms with Gasteiger partial charge in [0.05, 0.1) is 18.9 Å². The highest BCUT2D eigenvalue weighted by atomic mass is 16.5. The first kappa shape index (κ1) is 12.1. The summed E-state index contributed by atoms with van der Waals surface area (Å²) < 4.78 is 5.36. The average molecular weight is 247 g/mol. The molecule has 0 bridgehead atoms. The van der Waals surface area contributed by atoms with Gasteiger partial charge in [-0.25, -0.2) is 0 Å². The number of hydrogen-bond donors (Lipinski definition) is 1. The van der Waals surface area contributed by atoms with Crippen molar-refractivity contribution in [3.8, 4) is 0 Å². The summed E-state index contributed by atoms with van der Waals surface area (Å²) in [7, 11) is 0. The highest BCUT2D eigenvalue weighted by molar-refractivity contribution is 5.17. The molecule has 4 nitrogen and oxygen atoms in total. The maximum Gasteiger partial charge on any atom is 0.0594 e. The van der Waals surface area contributed by atoms with E-state index < -0.39 is 0 Å². The topological polar surface area (TPSA) is 37.4 Å². The van der Waals surface area contributed by atoms with Crippen LogP contribution in [0.1, 0.15) is 30.1 Å². The van der Waals surface area contributed by atoms with Gasteiger partial charge in [0.1, 0.15) is 0 Å². The van der Waals surface area contributed by atoms with E-state index >= 15 is 0 Å². The Bertz CT molecular complexity index is 367. The van der Waals surface area contributed by atoms with Crippen molar-refractivity contribution in [2.45, 2.75) is 25.4 Å². The summed E-state index contributed by atoms with van der Waals surface area (Å²) in [6, 6.07) is 4.87. The summed E-state index contributed by atoms with van der Waals surface area (Å²) in [5.74, 6) is 0. The average Bonchev–Trinajstić information content (AvgIpc) is 2.95. The zero-order chi connectivity index (χ0) is 12.2. The molecule has 2 aliphatic rings. The molecule has 2 aliphatic heterocycles. The van der Waals surface area contributed by atoms with Crippen molar-refractivity contribution in [1.82, 2.24) is 15.2 Å². The summed E-state index contributed by atoms with van der Waals surface area (Å²) in [4.78, 5) is 7.03. The molecule has 18 heavy (non-hydrogen) atoms. The van der Waals surface area contributed by atoms with Crippen LogP contribution in [-0.4, -0.2) is 42.7 Å². The molecule has 0 amide bonds. The van der Waals surface area contributed by atoms with E-state index in [2.05, 4.69) is 27.3 Å². The zero-order valence-electron chi connectivity index (χ0n) is 10.8. The number of hydrogen-bond acceptors (Lipinski definition) is 4. The van der Waals surface area contributed by atoms with Crippen LogP contribution in [0.4, 0.5) is 0 Å². The molecule has 0 spiro atoms. The van der Waals surface area contributed by atoms with E-state index in [0.717, 1.165) is 39.4 Å². The van der Waals surface area contributed by atoms with Gasteiger partial charge in [-0.05, 0) is 31.0 Å². The van der Waals surface area contributed by atoms with Crippen molar-refractivity contribution in [2.75, 3.05) is 32.8 Å². The molecule has 2 saturated heterocycles. The highest BCUT2D eigenvalue weighted by Gasteiger charge is 2.17. The minimum absolute atomic E-state index is 0.474. The zero-order valence-corrected chi connectivity index (χ0v) is 10.8. The molecule has 0 aliphatic carbocycles. The second kappa shape index (κ2) is 5.78. The quantitative estimate of drug-likeness (QED) is 0.874. The number of nitrogens with zero attached hydrogens (tertiary/aromatic N) is 2. The van der Waals surface area contributed by atoms with Gasteiger partial charge in [-0.3, -0.25) is 9.88 Å². The van der Waals surface area contributed by atoms with Crippen LogP contribution >= 0.6 is 0 Å².